The molecular weight excluding hydrogens is 350 g/mol. The van der Waals surface area contributed by atoms with Crippen LogP contribution < -0.4 is 10.6 Å². The first-order chi connectivity index (χ1) is 13.1. The number of phenols is 1. The summed E-state index contributed by atoms with van der Waals surface area (Å²) in [5.41, 5.74) is 1.03. The van der Waals surface area contributed by atoms with E-state index in [2.05, 4.69) is 20.8 Å². The Hall–Kier alpha value is -2.65. The van der Waals surface area contributed by atoms with Gasteiger partial charge >= 0.3 is 6.03 Å². The fraction of sp³-hybridized carbons (Fsp3) is 0.500. The van der Waals surface area contributed by atoms with E-state index in [9.17, 15) is 15.0 Å². The molecule has 1 aromatic heterocycles. The fourth-order valence-electron chi connectivity index (χ4n) is 2.95. The van der Waals surface area contributed by atoms with Crippen molar-refractivity contribution in [2.75, 3.05) is 32.8 Å². The first-order valence-electron chi connectivity index (χ1n) is 9.05. The lowest BCUT2D eigenvalue weighted by Gasteiger charge is -2.28. The molecule has 1 aliphatic rings. The smallest absolute Gasteiger partial charge is 0.318 e. The number of nitrogens with one attached hydrogen (secondary N) is 2. The summed E-state index contributed by atoms with van der Waals surface area (Å²) in [6.07, 6.45) is 0.666. The van der Waals surface area contributed by atoms with Crippen LogP contribution in [0.1, 0.15) is 36.2 Å². The van der Waals surface area contributed by atoms with Gasteiger partial charge in [-0.25, -0.2) is 4.79 Å². The van der Waals surface area contributed by atoms with Crippen molar-refractivity contribution in [3.63, 3.8) is 0 Å². The molecular formula is C18H25N5O4. The third-order valence-corrected chi connectivity index (χ3v) is 4.54. The van der Waals surface area contributed by atoms with E-state index in [1.165, 1.54) is 0 Å². The highest BCUT2D eigenvalue weighted by molar-refractivity contribution is 5.74. The highest BCUT2D eigenvalue weighted by Gasteiger charge is 2.25. The van der Waals surface area contributed by atoms with Gasteiger partial charge in [-0.1, -0.05) is 19.1 Å². The predicted octanol–water partition coefficient (Wildman–Crippen LogP) is 0.770. The first kappa shape index (κ1) is 19.1. The molecule has 0 spiro atoms. The highest BCUT2D eigenvalue weighted by atomic mass is 16.4. The number of hydrogen-bond acceptors (Lipinski definition) is 7. The summed E-state index contributed by atoms with van der Waals surface area (Å²) in [7, 11) is 0. The minimum atomic E-state index is -0.741. The Balaban J connectivity index is 1.61. The molecule has 0 unspecified atom stereocenters. The summed E-state index contributed by atoms with van der Waals surface area (Å²) < 4.78 is 5.71. The lowest BCUT2D eigenvalue weighted by Crippen LogP contribution is -2.51. The van der Waals surface area contributed by atoms with Gasteiger partial charge in [0.1, 0.15) is 11.8 Å². The number of aromatic hydroxyl groups is 1. The van der Waals surface area contributed by atoms with Crippen LogP contribution in [-0.4, -0.2) is 64.1 Å². The van der Waals surface area contributed by atoms with Crippen molar-refractivity contribution in [3.8, 4) is 5.75 Å². The number of rotatable bonds is 6. The Morgan fingerprint density at radius 2 is 1.93 bits per heavy atom. The number of hydrogen-bond donors (Lipinski definition) is 4. The second kappa shape index (κ2) is 8.83. The van der Waals surface area contributed by atoms with Crippen molar-refractivity contribution in [1.82, 2.24) is 25.7 Å². The van der Waals surface area contributed by atoms with Gasteiger partial charge in [0.2, 0.25) is 11.8 Å². The number of nitrogens with zero attached hydrogens (tertiary/aromatic N) is 3. The van der Waals surface area contributed by atoms with Gasteiger partial charge in [-0.15, -0.1) is 10.2 Å². The van der Waals surface area contributed by atoms with Crippen LogP contribution in [-0.2, 0) is 6.42 Å². The second-order valence-electron chi connectivity index (χ2n) is 6.67. The van der Waals surface area contributed by atoms with Crippen molar-refractivity contribution < 1.29 is 19.4 Å². The maximum Gasteiger partial charge on any atom is 0.318 e. The molecule has 2 heterocycles. The van der Waals surface area contributed by atoms with Gasteiger partial charge in [0.25, 0.3) is 0 Å². The Morgan fingerprint density at radius 1 is 1.26 bits per heavy atom. The maximum atomic E-state index is 12.3. The predicted molar refractivity (Wildman–Crippen MR) is 97.3 cm³/mol. The van der Waals surface area contributed by atoms with E-state index in [0.717, 1.165) is 18.7 Å². The van der Waals surface area contributed by atoms with E-state index >= 15 is 0 Å². The number of benzene rings is 1. The number of urea groups is 1. The van der Waals surface area contributed by atoms with Gasteiger partial charge in [-0.05, 0) is 24.1 Å². The lowest BCUT2D eigenvalue weighted by atomic mass is 10.0. The Bertz CT molecular complexity index is 742. The van der Waals surface area contributed by atoms with E-state index in [4.69, 9.17) is 4.42 Å². The average molecular weight is 375 g/mol. The van der Waals surface area contributed by atoms with Gasteiger partial charge in [-0.2, -0.15) is 0 Å². The van der Waals surface area contributed by atoms with Crippen LogP contribution in [0.3, 0.4) is 0 Å². The van der Waals surface area contributed by atoms with E-state index in [1.807, 2.05) is 19.1 Å². The summed E-state index contributed by atoms with van der Waals surface area (Å²) in [5.74, 6) is 0.804. The second-order valence-corrected chi connectivity index (χ2v) is 6.67. The summed E-state index contributed by atoms with van der Waals surface area (Å²) in [5, 5.41) is 33.0. The quantitative estimate of drug-likeness (QED) is 0.588. The molecule has 2 aromatic rings. The SMILES string of the molecule is C[C@@H](Cc1ccc(O)cc1)c1nnc([C@H](CO)NC(=O)N2CCNCC2)o1. The molecule has 3 rings (SSSR count). The number of amides is 2. The molecule has 1 aromatic carbocycles. The minimum Gasteiger partial charge on any atom is -0.508 e. The summed E-state index contributed by atoms with van der Waals surface area (Å²) in [4.78, 5) is 14.0. The molecule has 27 heavy (non-hydrogen) atoms. The molecule has 0 aliphatic carbocycles. The zero-order valence-electron chi connectivity index (χ0n) is 15.3. The summed E-state index contributed by atoms with van der Waals surface area (Å²) in [6, 6.07) is 5.95. The van der Waals surface area contributed by atoms with Gasteiger partial charge in [0.15, 0.2) is 0 Å². The summed E-state index contributed by atoms with van der Waals surface area (Å²) >= 11 is 0. The van der Waals surface area contributed by atoms with Crippen LogP contribution in [0.4, 0.5) is 4.79 Å². The van der Waals surface area contributed by atoms with Crippen LogP contribution in [0.25, 0.3) is 0 Å². The Morgan fingerprint density at radius 3 is 2.59 bits per heavy atom. The number of aliphatic hydroxyl groups is 1. The molecule has 0 radical (unpaired) electrons. The van der Waals surface area contributed by atoms with Crippen molar-refractivity contribution in [2.24, 2.45) is 0 Å². The number of carbonyl (C=O) groups excluding carboxylic acids is 1. The van der Waals surface area contributed by atoms with Crippen molar-refractivity contribution in [1.29, 1.82) is 0 Å². The highest BCUT2D eigenvalue weighted by Crippen LogP contribution is 2.22. The number of aromatic nitrogens is 2. The number of phenolic OH excluding ortho intramolecular Hbond substituents is 1. The van der Waals surface area contributed by atoms with Crippen LogP contribution >= 0.6 is 0 Å². The Labute approximate surface area is 157 Å². The van der Waals surface area contributed by atoms with E-state index in [0.29, 0.717) is 25.4 Å². The molecule has 0 bridgehead atoms. The lowest BCUT2D eigenvalue weighted by molar-refractivity contribution is 0.169. The molecule has 2 amide bonds. The van der Waals surface area contributed by atoms with Gasteiger partial charge in [0.05, 0.1) is 6.61 Å². The molecule has 146 valence electrons. The minimum absolute atomic E-state index is 0.0426. The first-order valence-corrected chi connectivity index (χ1v) is 9.05. The van der Waals surface area contributed by atoms with Crippen molar-refractivity contribution in [2.45, 2.75) is 25.3 Å². The van der Waals surface area contributed by atoms with Gasteiger partial charge < -0.3 is 30.2 Å². The molecule has 0 saturated carbocycles. The van der Waals surface area contributed by atoms with E-state index in [-0.39, 0.29) is 30.2 Å². The molecule has 2 atom stereocenters. The van der Waals surface area contributed by atoms with Crippen LogP contribution in [0.5, 0.6) is 5.75 Å². The van der Waals surface area contributed by atoms with Crippen LogP contribution in [0.15, 0.2) is 28.7 Å². The maximum absolute atomic E-state index is 12.3. The summed E-state index contributed by atoms with van der Waals surface area (Å²) in [6.45, 7) is 4.35. The van der Waals surface area contributed by atoms with E-state index < -0.39 is 6.04 Å². The number of piperazine rings is 1. The van der Waals surface area contributed by atoms with Gasteiger partial charge in [-0.3, -0.25) is 0 Å². The molecule has 9 heteroatoms. The van der Waals surface area contributed by atoms with Crippen molar-refractivity contribution >= 4 is 6.03 Å². The van der Waals surface area contributed by atoms with E-state index in [1.54, 1.807) is 17.0 Å². The monoisotopic (exact) mass is 375 g/mol. The molecule has 1 fully saturated rings. The largest absolute Gasteiger partial charge is 0.508 e. The third-order valence-electron chi connectivity index (χ3n) is 4.54. The van der Waals surface area contributed by atoms with Gasteiger partial charge in [0, 0.05) is 32.1 Å². The van der Waals surface area contributed by atoms with Crippen LogP contribution in [0.2, 0.25) is 0 Å². The van der Waals surface area contributed by atoms with Crippen LogP contribution in [0, 0.1) is 0 Å². The third kappa shape index (κ3) is 4.95. The molecule has 9 nitrogen and oxygen atoms in total. The molecule has 1 aliphatic heterocycles. The zero-order chi connectivity index (χ0) is 19.2. The number of carbonyl (C=O) groups is 1. The van der Waals surface area contributed by atoms with Crippen molar-refractivity contribution in [3.05, 3.63) is 41.6 Å². The molecule has 1 saturated heterocycles. The standard InChI is InChI=1S/C18H25N5O4/c1-12(10-13-2-4-14(25)5-3-13)16-21-22-17(27-16)15(11-24)20-18(26)23-8-6-19-7-9-23/h2-5,12,15,19,24-25H,6-11H2,1H3,(H,20,26)/t12-,15-/m0/s1. The molecule has 4 N–H and O–H groups in total. The number of aliphatic hydroxyl groups excluding tert-OH is 1. The zero-order valence-corrected chi connectivity index (χ0v) is 15.3. The normalized spacial score (nSPS) is 16.7. The topological polar surface area (TPSA) is 124 Å². The fourth-order valence-corrected chi connectivity index (χ4v) is 2.95. The average Bonchev–Trinajstić information content (AvgIpc) is 3.18. The Kier molecular flexibility index (Phi) is 6.25.